The van der Waals surface area contributed by atoms with Crippen LogP contribution in [0.4, 0.5) is 5.69 Å². The first-order chi connectivity index (χ1) is 19.5. The summed E-state index contributed by atoms with van der Waals surface area (Å²) in [5.41, 5.74) is 4.51. The third-order valence-electron chi connectivity index (χ3n) is 6.41. The number of H-pyrrole nitrogens is 1. The second-order valence-corrected chi connectivity index (χ2v) is 9.25. The summed E-state index contributed by atoms with van der Waals surface area (Å²) in [5.74, 6) is -6.06. The Morgan fingerprint density at radius 2 is 1.29 bits per heavy atom. The number of piperazine rings is 1. The lowest BCUT2D eigenvalue weighted by atomic mass is 10.0. The summed E-state index contributed by atoms with van der Waals surface area (Å²) in [6, 6.07) is 16.5. The molecule has 218 valence electrons. The standard InChI is InChI=1S/C23H27N5O.2C2H2O4/c29-23(28-11-5-7-18-6-1-4-10-21(18)28)17-27-14-12-26(13-15-27)16-22-24-19-8-2-3-9-20(19)25-22;2*3-1(4)2(5)6/h1-4,6,8-10H,5,7,11-17H2,(H,24,25);2*(H,3,4)(H,5,6). The molecule has 1 fully saturated rings. The second kappa shape index (κ2) is 14.5. The number of benzene rings is 2. The Labute approximate surface area is 234 Å². The number of hydrogen-bond donors (Lipinski definition) is 5. The number of para-hydroxylation sites is 3. The van der Waals surface area contributed by atoms with Gasteiger partial charge in [0.1, 0.15) is 5.82 Å². The predicted molar refractivity (Wildman–Crippen MR) is 145 cm³/mol. The smallest absolute Gasteiger partial charge is 0.414 e. The number of hydrogen-bond acceptors (Lipinski definition) is 8. The number of imidazole rings is 1. The highest BCUT2D eigenvalue weighted by molar-refractivity contribution is 6.27. The molecule has 0 unspecified atom stereocenters. The number of carboxylic acid groups (broad SMARTS) is 4. The molecule has 3 heterocycles. The van der Waals surface area contributed by atoms with Crippen LogP contribution in [0.2, 0.25) is 0 Å². The van der Waals surface area contributed by atoms with Crippen LogP contribution >= 0.6 is 0 Å². The summed E-state index contributed by atoms with van der Waals surface area (Å²) < 4.78 is 0. The molecule has 5 rings (SSSR count). The molecule has 14 heteroatoms. The number of carbonyl (C=O) groups excluding carboxylic acids is 1. The number of aliphatic carboxylic acids is 4. The Balaban J connectivity index is 0.000000326. The van der Waals surface area contributed by atoms with Crippen LogP contribution in [-0.4, -0.2) is 109 Å². The molecule has 2 aromatic carbocycles. The normalized spacial score (nSPS) is 15.0. The fourth-order valence-corrected chi connectivity index (χ4v) is 4.47. The molecule has 1 amide bonds. The maximum Gasteiger partial charge on any atom is 0.414 e. The molecule has 0 bridgehead atoms. The Morgan fingerprint density at radius 1 is 0.732 bits per heavy atom. The molecule has 0 saturated carbocycles. The first-order valence-electron chi connectivity index (χ1n) is 12.7. The number of nitrogens with zero attached hydrogens (tertiary/aromatic N) is 4. The molecule has 5 N–H and O–H groups in total. The summed E-state index contributed by atoms with van der Waals surface area (Å²) in [6.07, 6.45) is 2.12. The molecular formula is C27H31N5O9. The van der Waals surface area contributed by atoms with Crippen LogP contribution in [0.25, 0.3) is 11.0 Å². The summed E-state index contributed by atoms with van der Waals surface area (Å²) in [6.45, 7) is 5.93. The van der Waals surface area contributed by atoms with Gasteiger partial charge < -0.3 is 30.3 Å². The van der Waals surface area contributed by atoms with Crippen LogP contribution < -0.4 is 4.90 Å². The van der Waals surface area contributed by atoms with Gasteiger partial charge in [0.2, 0.25) is 5.91 Å². The quantitative estimate of drug-likeness (QED) is 0.279. The van der Waals surface area contributed by atoms with Crippen LogP contribution in [0.15, 0.2) is 48.5 Å². The van der Waals surface area contributed by atoms with E-state index in [9.17, 15) is 4.79 Å². The number of anilines is 1. The minimum atomic E-state index is -1.82. The predicted octanol–water partition coefficient (Wildman–Crippen LogP) is 0.971. The van der Waals surface area contributed by atoms with Crippen LogP contribution in [0.3, 0.4) is 0 Å². The summed E-state index contributed by atoms with van der Waals surface area (Å²) in [4.78, 5) is 64.1. The summed E-state index contributed by atoms with van der Waals surface area (Å²) in [7, 11) is 0. The van der Waals surface area contributed by atoms with Crippen molar-refractivity contribution < 1.29 is 44.4 Å². The van der Waals surface area contributed by atoms with E-state index in [1.54, 1.807) is 0 Å². The van der Waals surface area contributed by atoms with E-state index < -0.39 is 23.9 Å². The molecule has 0 spiro atoms. The van der Waals surface area contributed by atoms with E-state index in [1.165, 1.54) is 5.56 Å². The van der Waals surface area contributed by atoms with E-state index in [4.69, 9.17) is 39.6 Å². The molecule has 3 aromatic rings. The van der Waals surface area contributed by atoms with Gasteiger partial charge in [0.15, 0.2) is 0 Å². The zero-order valence-electron chi connectivity index (χ0n) is 22.1. The van der Waals surface area contributed by atoms with Crippen molar-refractivity contribution >= 4 is 46.5 Å². The zero-order valence-corrected chi connectivity index (χ0v) is 22.1. The zero-order chi connectivity index (χ0) is 29.9. The molecule has 0 atom stereocenters. The number of aromatic nitrogens is 2. The maximum absolute atomic E-state index is 13.0. The van der Waals surface area contributed by atoms with E-state index >= 15 is 0 Å². The molecule has 0 radical (unpaired) electrons. The lowest BCUT2D eigenvalue weighted by Crippen LogP contribution is -2.50. The van der Waals surface area contributed by atoms with Crippen molar-refractivity contribution in [3.05, 3.63) is 59.9 Å². The Bertz CT molecular complexity index is 1320. The van der Waals surface area contributed by atoms with Crippen LogP contribution in [0, 0.1) is 0 Å². The van der Waals surface area contributed by atoms with Gasteiger partial charge in [-0.05, 0) is 36.6 Å². The Kier molecular flexibility index (Phi) is 10.9. The van der Waals surface area contributed by atoms with Crippen LogP contribution in [0.1, 0.15) is 17.8 Å². The fourth-order valence-electron chi connectivity index (χ4n) is 4.47. The SMILES string of the molecule is O=C(CN1CCN(Cc2nc3ccccc3[nH]2)CC1)N1CCCc2ccccc21.O=C(O)C(=O)O.O=C(O)C(=O)O. The minimum Gasteiger partial charge on any atom is -0.473 e. The number of aryl methyl sites for hydroxylation is 1. The van der Waals surface area contributed by atoms with Crippen molar-refractivity contribution in [1.29, 1.82) is 0 Å². The van der Waals surface area contributed by atoms with Gasteiger partial charge in [-0.25, -0.2) is 24.2 Å². The summed E-state index contributed by atoms with van der Waals surface area (Å²) in [5, 5.41) is 29.6. The topological polar surface area (TPSA) is 205 Å². The number of carbonyl (C=O) groups is 5. The molecule has 41 heavy (non-hydrogen) atoms. The Morgan fingerprint density at radius 3 is 1.90 bits per heavy atom. The van der Waals surface area contributed by atoms with Gasteiger partial charge in [-0.2, -0.15) is 0 Å². The van der Waals surface area contributed by atoms with Crippen molar-refractivity contribution in [2.24, 2.45) is 0 Å². The molecule has 14 nitrogen and oxygen atoms in total. The van der Waals surface area contributed by atoms with E-state index in [-0.39, 0.29) is 5.91 Å². The highest BCUT2D eigenvalue weighted by Crippen LogP contribution is 2.26. The first-order valence-corrected chi connectivity index (χ1v) is 12.7. The largest absolute Gasteiger partial charge is 0.473 e. The fraction of sp³-hybridized carbons (Fsp3) is 0.333. The maximum atomic E-state index is 13.0. The number of amides is 1. The average Bonchev–Trinajstić information content (AvgIpc) is 3.36. The van der Waals surface area contributed by atoms with E-state index in [0.29, 0.717) is 6.54 Å². The van der Waals surface area contributed by atoms with Crippen molar-refractivity contribution in [2.45, 2.75) is 19.4 Å². The van der Waals surface area contributed by atoms with Gasteiger partial charge in [0.05, 0.1) is 24.1 Å². The van der Waals surface area contributed by atoms with Gasteiger partial charge >= 0.3 is 23.9 Å². The first kappa shape index (κ1) is 30.7. The third kappa shape index (κ3) is 9.12. The van der Waals surface area contributed by atoms with Gasteiger partial charge in [0, 0.05) is 38.4 Å². The molecule has 0 aliphatic carbocycles. The van der Waals surface area contributed by atoms with E-state index in [2.05, 4.69) is 44.0 Å². The Hall–Kier alpha value is -4.82. The number of carboxylic acids is 4. The number of nitrogens with one attached hydrogen (secondary N) is 1. The van der Waals surface area contributed by atoms with Crippen molar-refractivity contribution in [3.63, 3.8) is 0 Å². The lowest BCUT2D eigenvalue weighted by Gasteiger charge is -2.36. The molecule has 2 aliphatic heterocycles. The van der Waals surface area contributed by atoms with Crippen molar-refractivity contribution in [1.82, 2.24) is 19.8 Å². The third-order valence-corrected chi connectivity index (χ3v) is 6.41. The van der Waals surface area contributed by atoms with Crippen LogP contribution in [0.5, 0.6) is 0 Å². The second-order valence-electron chi connectivity index (χ2n) is 9.25. The lowest BCUT2D eigenvalue weighted by molar-refractivity contribution is -0.159. The average molecular weight is 570 g/mol. The van der Waals surface area contributed by atoms with Gasteiger partial charge in [-0.3, -0.25) is 14.6 Å². The van der Waals surface area contributed by atoms with Crippen molar-refractivity contribution in [2.75, 3.05) is 44.2 Å². The van der Waals surface area contributed by atoms with E-state index in [0.717, 1.165) is 74.7 Å². The highest BCUT2D eigenvalue weighted by Gasteiger charge is 2.26. The monoisotopic (exact) mass is 569 g/mol. The summed E-state index contributed by atoms with van der Waals surface area (Å²) >= 11 is 0. The number of rotatable bonds is 4. The minimum absolute atomic E-state index is 0.225. The number of aromatic amines is 1. The van der Waals surface area contributed by atoms with E-state index in [1.807, 2.05) is 29.2 Å². The van der Waals surface area contributed by atoms with Gasteiger partial charge in [-0.1, -0.05) is 30.3 Å². The molecule has 1 saturated heterocycles. The number of fused-ring (bicyclic) bond motifs is 2. The highest BCUT2D eigenvalue weighted by atomic mass is 16.4. The van der Waals surface area contributed by atoms with Gasteiger partial charge in [0.25, 0.3) is 0 Å². The molecular weight excluding hydrogens is 538 g/mol. The van der Waals surface area contributed by atoms with Gasteiger partial charge in [-0.15, -0.1) is 0 Å². The van der Waals surface area contributed by atoms with Crippen molar-refractivity contribution in [3.8, 4) is 0 Å². The molecule has 1 aromatic heterocycles. The van der Waals surface area contributed by atoms with Crippen LogP contribution in [-0.2, 0) is 36.9 Å². The molecule has 2 aliphatic rings.